The summed E-state index contributed by atoms with van der Waals surface area (Å²) >= 11 is 0. The van der Waals surface area contributed by atoms with Crippen LogP contribution in [0, 0.1) is 11.8 Å². The zero-order chi connectivity index (χ0) is 14.0. The Balaban J connectivity index is 2.05. The van der Waals surface area contributed by atoms with Gasteiger partial charge in [0.25, 0.3) is 0 Å². The second kappa shape index (κ2) is 5.44. The van der Waals surface area contributed by atoms with Gasteiger partial charge in [-0.15, -0.1) is 10.2 Å². The largest absolute Gasteiger partial charge is 0.392 e. The number of rotatable bonds is 3. The summed E-state index contributed by atoms with van der Waals surface area (Å²) in [6.07, 6.45) is -1.80. The van der Waals surface area contributed by atoms with Crippen LogP contribution in [0.5, 0.6) is 0 Å². The number of nitrogens with zero attached hydrogens (tertiary/aromatic N) is 4. The third-order valence-corrected chi connectivity index (χ3v) is 3.76. The molecule has 0 aromatic carbocycles. The molecule has 1 aliphatic rings. The number of alkyl halides is 3. The van der Waals surface area contributed by atoms with Crippen molar-refractivity contribution in [2.75, 3.05) is 0 Å². The third kappa shape index (κ3) is 3.43. The molecule has 1 fully saturated rings. The van der Waals surface area contributed by atoms with Gasteiger partial charge in [0.05, 0.1) is 13.0 Å². The summed E-state index contributed by atoms with van der Waals surface area (Å²) in [5.41, 5.74) is 5.96. The quantitative estimate of drug-likeness (QED) is 0.907. The lowest BCUT2D eigenvalue weighted by Gasteiger charge is -2.36. The summed E-state index contributed by atoms with van der Waals surface area (Å²) in [5, 5.41) is 11.4. The van der Waals surface area contributed by atoms with Crippen LogP contribution in [0.15, 0.2) is 0 Å². The normalized spacial score (nSPS) is 26.4. The lowest BCUT2D eigenvalue weighted by molar-refractivity contribution is -0.198. The molecule has 1 aromatic rings. The van der Waals surface area contributed by atoms with Crippen LogP contribution in [-0.2, 0) is 13.5 Å². The maximum atomic E-state index is 13.0. The molecule has 0 aliphatic heterocycles. The fraction of sp³-hybridized carbons (Fsp3) is 0.909. The zero-order valence-corrected chi connectivity index (χ0v) is 10.8. The van der Waals surface area contributed by atoms with Crippen LogP contribution in [0.2, 0.25) is 0 Å². The number of nitrogens with two attached hydrogens (primary N) is 1. The van der Waals surface area contributed by atoms with E-state index in [4.69, 9.17) is 5.73 Å². The number of aryl methyl sites for hydroxylation is 1. The highest BCUT2D eigenvalue weighted by atomic mass is 19.4. The summed E-state index contributed by atoms with van der Waals surface area (Å²) in [4.78, 5) is 1.28. The van der Waals surface area contributed by atoms with Crippen LogP contribution in [0.25, 0.3) is 0 Å². The van der Waals surface area contributed by atoms with Crippen molar-refractivity contribution in [1.82, 2.24) is 20.2 Å². The van der Waals surface area contributed by atoms with E-state index in [-0.39, 0.29) is 12.8 Å². The van der Waals surface area contributed by atoms with E-state index in [1.807, 2.05) is 0 Å². The van der Waals surface area contributed by atoms with Gasteiger partial charge in [-0.1, -0.05) is 12.8 Å². The molecule has 8 heteroatoms. The predicted octanol–water partition coefficient (Wildman–Crippen LogP) is 1.45. The van der Waals surface area contributed by atoms with Crippen molar-refractivity contribution in [2.45, 2.75) is 44.3 Å². The van der Waals surface area contributed by atoms with E-state index in [1.54, 1.807) is 7.05 Å². The Morgan fingerprint density at radius 3 is 2.63 bits per heavy atom. The highest BCUT2D eigenvalue weighted by Crippen LogP contribution is 2.42. The van der Waals surface area contributed by atoms with Gasteiger partial charge >= 0.3 is 6.18 Å². The molecule has 3 atom stereocenters. The van der Waals surface area contributed by atoms with Gasteiger partial charge in [0.1, 0.15) is 0 Å². The second-order valence-electron chi connectivity index (χ2n) is 5.16. The monoisotopic (exact) mass is 277 g/mol. The number of hydrogen-bond acceptors (Lipinski definition) is 4. The summed E-state index contributed by atoms with van der Waals surface area (Å²) in [5.74, 6) is -1.44. The molecular formula is C11H18F3N5. The van der Waals surface area contributed by atoms with Crippen molar-refractivity contribution in [3.05, 3.63) is 5.82 Å². The van der Waals surface area contributed by atoms with E-state index >= 15 is 0 Å². The summed E-state index contributed by atoms with van der Waals surface area (Å²) in [7, 11) is 1.61. The van der Waals surface area contributed by atoms with E-state index < -0.39 is 24.1 Å². The number of tetrazole rings is 1. The van der Waals surface area contributed by atoms with Gasteiger partial charge in [0.15, 0.2) is 5.82 Å². The van der Waals surface area contributed by atoms with Crippen molar-refractivity contribution in [3.63, 3.8) is 0 Å². The van der Waals surface area contributed by atoms with E-state index in [0.717, 1.165) is 6.42 Å². The van der Waals surface area contributed by atoms with Crippen LogP contribution < -0.4 is 5.73 Å². The molecule has 3 unspecified atom stereocenters. The molecule has 19 heavy (non-hydrogen) atoms. The minimum Gasteiger partial charge on any atom is -0.327 e. The van der Waals surface area contributed by atoms with Crippen molar-refractivity contribution in [2.24, 2.45) is 24.6 Å². The maximum Gasteiger partial charge on any atom is 0.392 e. The Labute approximate surface area is 109 Å². The van der Waals surface area contributed by atoms with Gasteiger partial charge in [-0.25, -0.2) is 0 Å². The van der Waals surface area contributed by atoms with Crippen LogP contribution >= 0.6 is 0 Å². The molecule has 0 radical (unpaired) electrons. The molecular weight excluding hydrogens is 259 g/mol. The van der Waals surface area contributed by atoms with Crippen molar-refractivity contribution in [1.29, 1.82) is 0 Å². The standard InChI is InChI=1S/C11H18F3N5/c1-19-17-10(16-18-19)6-9(15)7-4-2-3-5-8(7)11(12,13)14/h7-9H,2-6,15H2,1H3. The first-order chi connectivity index (χ1) is 8.88. The Kier molecular flexibility index (Phi) is 4.07. The minimum absolute atomic E-state index is 0.176. The summed E-state index contributed by atoms with van der Waals surface area (Å²) < 4.78 is 39.0. The Hall–Kier alpha value is -1.18. The van der Waals surface area contributed by atoms with Crippen LogP contribution in [-0.4, -0.2) is 32.4 Å². The lowest BCUT2D eigenvalue weighted by Crippen LogP contribution is -2.44. The van der Waals surface area contributed by atoms with Crippen LogP contribution in [0.4, 0.5) is 13.2 Å². The summed E-state index contributed by atoms with van der Waals surface area (Å²) in [6, 6.07) is -0.573. The van der Waals surface area contributed by atoms with Crippen LogP contribution in [0.1, 0.15) is 31.5 Å². The van der Waals surface area contributed by atoms with Gasteiger partial charge in [0, 0.05) is 12.5 Å². The van der Waals surface area contributed by atoms with Gasteiger partial charge in [-0.05, 0) is 24.0 Å². The maximum absolute atomic E-state index is 13.0. The molecule has 1 aliphatic carbocycles. The average molecular weight is 277 g/mol. The number of aromatic nitrogens is 4. The Bertz CT molecular complexity index is 417. The molecule has 1 aromatic heterocycles. The fourth-order valence-electron chi connectivity index (χ4n) is 2.85. The topological polar surface area (TPSA) is 69.6 Å². The van der Waals surface area contributed by atoms with E-state index in [1.165, 1.54) is 4.80 Å². The highest BCUT2D eigenvalue weighted by Gasteiger charge is 2.47. The van der Waals surface area contributed by atoms with Crippen molar-refractivity contribution in [3.8, 4) is 0 Å². The van der Waals surface area contributed by atoms with E-state index in [2.05, 4.69) is 15.4 Å². The lowest BCUT2D eigenvalue weighted by atomic mass is 9.74. The smallest absolute Gasteiger partial charge is 0.327 e. The van der Waals surface area contributed by atoms with Gasteiger partial charge in [-0.3, -0.25) is 0 Å². The molecule has 0 amide bonds. The first-order valence-electron chi connectivity index (χ1n) is 6.43. The Morgan fingerprint density at radius 1 is 1.37 bits per heavy atom. The molecule has 2 N–H and O–H groups in total. The fourth-order valence-corrected chi connectivity index (χ4v) is 2.85. The molecule has 0 spiro atoms. The molecule has 0 bridgehead atoms. The molecule has 0 saturated heterocycles. The average Bonchev–Trinajstić information content (AvgIpc) is 2.73. The first kappa shape index (κ1) is 14.2. The molecule has 5 nitrogen and oxygen atoms in total. The minimum atomic E-state index is -4.17. The van der Waals surface area contributed by atoms with Gasteiger partial charge in [0.2, 0.25) is 0 Å². The number of hydrogen-bond donors (Lipinski definition) is 1. The van der Waals surface area contributed by atoms with E-state index in [0.29, 0.717) is 18.7 Å². The molecule has 108 valence electrons. The first-order valence-corrected chi connectivity index (χ1v) is 6.43. The van der Waals surface area contributed by atoms with Crippen LogP contribution in [0.3, 0.4) is 0 Å². The Morgan fingerprint density at radius 2 is 2.05 bits per heavy atom. The van der Waals surface area contributed by atoms with Gasteiger partial charge < -0.3 is 5.73 Å². The SMILES string of the molecule is Cn1nnc(CC(N)C2CCCCC2C(F)(F)F)n1. The predicted molar refractivity (Wildman–Crippen MR) is 62.0 cm³/mol. The molecule has 1 heterocycles. The zero-order valence-electron chi connectivity index (χ0n) is 10.8. The van der Waals surface area contributed by atoms with Gasteiger partial charge in [-0.2, -0.15) is 18.0 Å². The second-order valence-corrected chi connectivity index (χ2v) is 5.16. The molecule has 2 rings (SSSR count). The summed E-state index contributed by atoms with van der Waals surface area (Å²) in [6.45, 7) is 0. The van der Waals surface area contributed by atoms with Crippen molar-refractivity contribution < 1.29 is 13.2 Å². The third-order valence-electron chi connectivity index (χ3n) is 3.76. The van der Waals surface area contributed by atoms with Crippen molar-refractivity contribution >= 4 is 0 Å². The van der Waals surface area contributed by atoms with E-state index in [9.17, 15) is 13.2 Å². The highest BCUT2D eigenvalue weighted by molar-refractivity contribution is 4.92. The molecule has 1 saturated carbocycles. The number of halogens is 3.